The maximum atomic E-state index is 12.5. The Morgan fingerprint density at radius 1 is 0.510 bits per heavy atom. The van der Waals surface area contributed by atoms with E-state index in [-0.39, 0.29) is 44.3 Å². The molecule has 0 aliphatic heterocycles. The van der Waals surface area contributed by atoms with E-state index in [2.05, 4.69) is 138 Å². The number of hydrogen-bond donors (Lipinski definition) is 3. The van der Waals surface area contributed by atoms with Gasteiger partial charge in [-0.1, -0.05) is 68.1 Å². The summed E-state index contributed by atoms with van der Waals surface area (Å²) in [6.07, 6.45) is 20.1. The van der Waals surface area contributed by atoms with Gasteiger partial charge in [0.1, 0.15) is 5.76 Å². The van der Waals surface area contributed by atoms with Crippen molar-refractivity contribution >= 4 is 81.0 Å². The smallest absolute Gasteiger partial charge is 0.443 e. The normalized spacial score (nSPS) is 11.8. The predicted octanol–water partition coefficient (Wildman–Crippen LogP) is 15.4. The van der Waals surface area contributed by atoms with Gasteiger partial charge in [0.05, 0.1) is 57.2 Å². The number of carboxylic acid groups (broad SMARTS) is 1. The topological polar surface area (TPSA) is 206 Å². The number of terminal acetylenes is 2. The van der Waals surface area contributed by atoms with E-state index in [9.17, 15) is 50.3 Å². The number of nitrogens with two attached hydrogens (primary N) is 1. The van der Waals surface area contributed by atoms with Crippen LogP contribution in [0.5, 0.6) is 0 Å². The Hall–Kier alpha value is -12.3. The van der Waals surface area contributed by atoms with E-state index < -0.39 is 28.3 Å². The second kappa shape index (κ2) is 40.2. The van der Waals surface area contributed by atoms with Crippen molar-refractivity contribution in [3.05, 3.63) is 237 Å². The van der Waals surface area contributed by atoms with Crippen LogP contribution in [0.15, 0.2) is 134 Å². The summed E-state index contributed by atoms with van der Waals surface area (Å²) in [7, 11) is 5.83. The second-order valence-corrected chi connectivity index (χ2v) is 24.0. The lowest BCUT2D eigenvalue weighted by Crippen LogP contribution is -2.22. The number of alkyl halides is 6. The molecule has 0 radical (unpaired) electrons. The van der Waals surface area contributed by atoms with Gasteiger partial charge in [0.2, 0.25) is 0 Å². The molecule has 104 heavy (non-hydrogen) atoms. The Balaban J connectivity index is 0.000000221. The first-order chi connectivity index (χ1) is 49.3. The molecule has 7 aromatic rings. The molecule has 0 atom stereocenters. The number of ether oxygens (including phenoxy) is 4. The number of rotatable bonds is 9. The van der Waals surface area contributed by atoms with Crippen LogP contribution in [-0.2, 0) is 76.5 Å². The molecule has 5 aliphatic rings. The molecule has 0 bridgehead atoms. The molecule has 0 spiro atoms. The van der Waals surface area contributed by atoms with Gasteiger partial charge < -0.3 is 35.1 Å². The predicted molar refractivity (Wildman–Crippen MR) is 393 cm³/mol. The van der Waals surface area contributed by atoms with Gasteiger partial charge in [-0.3, -0.25) is 4.79 Å². The molecule has 0 fully saturated rings. The van der Waals surface area contributed by atoms with Crippen molar-refractivity contribution in [2.45, 2.75) is 85.7 Å². The minimum absolute atomic E-state index is 0. The number of nitrogens with one attached hydrogen (secondary N) is 1. The summed E-state index contributed by atoms with van der Waals surface area (Å²) in [4.78, 5) is 63.8. The van der Waals surface area contributed by atoms with Crippen LogP contribution in [0.4, 0.5) is 26.3 Å². The number of carbonyl (C=O) groups excluding carboxylic acids is 4. The number of aromatic nitrogens is 2. The Bertz CT molecular complexity index is 4920. The molecular weight excluding hydrogens is 1380 g/mol. The standard InChI is InChI=1S/C16H13F3N2OS.C14H2.C12H12O3.C12H12O2.2C11H10O2.C5H5F3N2S.CH4/c1-9-2-3-10-6-11(4-5-13(9)10)14(22)20-7-12-8-21-15(23-12)16(17,18)19;1-3-5-7-9-11-13-14-12-10-8-6-4-2;1-14-11-6-4-8-7-9(12(13)15-2)3-5-10(8)11;1-8-3-4-9-7-10(12(13)14-2)5-6-11(8)9;1-7-2-3-8-6-9(11(12)13)4-5-10(7)8;1-13-11(12)10-6-5-8-3-2-4-9(8)7-10;6-5(7,8)4-10-2-3(1-9)11-4;/h2,4-6,8H,3,7H2,1H3,(H,20,22);1-2H;3,5-7H,4H2,1-2H3;3,5-7H,4H2,1-2H3;2,4-6H,3H2,1H3,(H,12,13);2-3,5-7H,4H2,1H3;2H,1,9H2;1H4. The number of hydrogen-bond acceptors (Lipinski definition) is 14. The molecule has 5 aliphatic carbocycles. The van der Waals surface area contributed by atoms with Crippen LogP contribution in [0.1, 0.15) is 155 Å². The van der Waals surface area contributed by atoms with Crippen LogP contribution in [0, 0.1) is 83.9 Å². The average molecular weight is 1450 g/mol. The van der Waals surface area contributed by atoms with E-state index in [0.717, 1.165) is 78.1 Å². The van der Waals surface area contributed by atoms with Gasteiger partial charge in [-0.05, 0) is 257 Å². The van der Waals surface area contributed by atoms with Crippen molar-refractivity contribution in [1.29, 1.82) is 0 Å². The average Bonchev–Trinajstić information content (AvgIpc) is 1.72. The molecule has 0 saturated heterocycles. The van der Waals surface area contributed by atoms with Gasteiger partial charge in [-0.25, -0.2) is 29.1 Å². The summed E-state index contributed by atoms with van der Waals surface area (Å²) in [5, 5.41) is 9.66. The van der Waals surface area contributed by atoms with E-state index >= 15 is 0 Å². The van der Waals surface area contributed by atoms with E-state index in [1.165, 1.54) is 65.9 Å². The third-order valence-corrected chi connectivity index (χ3v) is 17.2. The zero-order valence-corrected chi connectivity index (χ0v) is 58.2. The second-order valence-electron chi connectivity index (χ2n) is 21.7. The van der Waals surface area contributed by atoms with Gasteiger partial charge >= 0.3 is 36.2 Å². The van der Waals surface area contributed by atoms with E-state index in [4.69, 9.17) is 28.4 Å². The molecule has 14 nitrogen and oxygen atoms in total. The number of methoxy groups -OCH3 is 4. The molecule has 12 rings (SSSR count). The van der Waals surface area contributed by atoms with Crippen LogP contribution in [-0.4, -0.2) is 73.3 Å². The van der Waals surface area contributed by atoms with Crippen molar-refractivity contribution in [3.63, 3.8) is 0 Å². The highest BCUT2D eigenvalue weighted by Crippen LogP contribution is 2.35. The fourth-order valence-corrected chi connectivity index (χ4v) is 11.4. The number of aromatic carboxylic acids is 1. The van der Waals surface area contributed by atoms with Crippen molar-refractivity contribution in [1.82, 2.24) is 15.3 Å². The van der Waals surface area contributed by atoms with Crippen molar-refractivity contribution in [3.8, 4) is 83.9 Å². The van der Waals surface area contributed by atoms with Gasteiger partial charge in [0, 0.05) is 39.8 Å². The summed E-state index contributed by atoms with van der Waals surface area (Å²) < 4.78 is 92.1. The van der Waals surface area contributed by atoms with Crippen LogP contribution in [0.2, 0.25) is 0 Å². The zero-order valence-electron chi connectivity index (χ0n) is 56.6. The molecule has 0 unspecified atom stereocenters. The van der Waals surface area contributed by atoms with E-state index in [1.807, 2.05) is 80.6 Å². The zero-order chi connectivity index (χ0) is 75.2. The Morgan fingerprint density at radius 3 is 1.28 bits per heavy atom. The third kappa shape index (κ3) is 24.2. The molecule has 1 amide bonds. The summed E-state index contributed by atoms with van der Waals surface area (Å²) in [5.74, 6) is 27.2. The quantitative estimate of drug-likeness (QED) is 0.0533. The number of amides is 1. The lowest BCUT2D eigenvalue weighted by Gasteiger charge is -2.07. The van der Waals surface area contributed by atoms with E-state index in [1.54, 1.807) is 37.4 Å². The number of benzene rings is 5. The van der Waals surface area contributed by atoms with Gasteiger partial charge in [0.25, 0.3) is 5.91 Å². The van der Waals surface area contributed by atoms with Gasteiger partial charge in [-0.2, -0.15) is 26.3 Å². The maximum absolute atomic E-state index is 12.5. The van der Waals surface area contributed by atoms with Gasteiger partial charge in [0.15, 0.2) is 10.0 Å². The molecule has 0 saturated carbocycles. The Labute approximate surface area is 608 Å². The minimum atomic E-state index is -4.45. The molecule has 2 aromatic heterocycles. The molecule has 5 aromatic carbocycles. The van der Waals surface area contributed by atoms with Gasteiger partial charge in [-0.15, -0.1) is 35.5 Å². The first-order valence-corrected chi connectivity index (χ1v) is 32.4. The summed E-state index contributed by atoms with van der Waals surface area (Å²) in [6.45, 7) is 6.29. The number of halogens is 6. The highest BCUT2D eigenvalue weighted by molar-refractivity contribution is 7.12. The molecule has 22 heteroatoms. The first-order valence-electron chi connectivity index (χ1n) is 30.8. The lowest BCUT2D eigenvalue weighted by atomic mass is 10.0. The fourth-order valence-electron chi connectivity index (χ4n) is 9.98. The number of carbonyl (C=O) groups is 5. The number of allylic oxidation sites excluding steroid dienone is 8. The van der Waals surface area contributed by atoms with Crippen molar-refractivity contribution in [2.75, 3.05) is 28.4 Å². The number of esters is 3. The molecule has 4 N–H and O–H groups in total. The number of carboxylic acids is 1. The maximum Gasteiger partial charge on any atom is 0.443 e. The Morgan fingerprint density at radius 2 is 0.875 bits per heavy atom. The number of fused-ring (bicyclic) bond motifs is 5. The van der Waals surface area contributed by atoms with Crippen LogP contribution < -0.4 is 11.1 Å². The summed E-state index contributed by atoms with van der Waals surface area (Å²) in [6, 6.07) is 27.6. The number of nitrogens with zero attached hydrogens (tertiary/aromatic N) is 2. The summed E-state index contributed by atoms with van der Waals surface area (Å²) in [5.41, 5.74) is 23.1. The lowest BCUT2D eigenvalue weighted by molar-refractivity contribution is -0.138. The fraction of sp³-hybridized carbons (Fsp3) is 0.207. The van der Waals surface area contributed by atoms with Crippen molar-refractivity contribution in [2.24, 2.45) is 5.73 Å². The highest BCUT2D eigenvalue weighted by atomic mass is 32.1. The third-order valence-electron chi connectivity index (χ3n) is 15.0. The SMILES string of the molecule is C.C#CC#CC#CC#CC#CC#CC#C.CC1=CCc2cc(C(=O)NCc3cnc(C(F)(F)F)s3)ccc21.CC1=CCc2cc(C(=O)O)ccc21.COC(=O)c1ccc2c(c1)CC=C2.COC(=O)c1ccc2c(c1)CC=C2C.COC(=O)c1ccc2c(c1)CC=C2OC.NCc1cnc(C(F)(F)F)s1. The number of thiazole rings is 2. The molecule has 2 heterocycles. The minimum Gasteiger partial charge on any atom is -0.496 e. The first kappa shape index (κ1) is 82.3. The van der Waals surface area contributed by atoms with Crippen LogP contribution in [0.25, 0.3) is 28.6 Å². The molecule has 530 valence electrons. The Kier molecular flexibility index (Phi) is 31.8. The van der Waals surface area contributed by atoms with Crippen LogP contribution in [0.3, 0.4) is 0 Å². The molecular formula is C82H68F6N4O10S2. The van der Waals surface area contributed by atoms with Crippen LogP contribution >= 0.6 is 22.7 Å². The van der Waals surface area contributed by atoms with Crippen molar-refractivity contribution < 1.29 is 74.4 Å². The highest BCUT2D eigenvalue weighted by Gasteiger charge is 2.35. The summed E-state index contributed by atoms with van der Waals surface area (Å²) >= 11 is 1.12. The largest absolute Gasteiger partial charge is 0.496 e. The monoisotopic (exact) mass is 1450 g/mol. The van der Waals surface area contributed by atoms with E-state index in [0.29, 0.717) is 60.2 Å².